The Bertz CT molecular complexity index is 1370. The van der Waals surface area contributed by atoms with Gasteiger partial charge >= 0.3 is 11.9 Å². The van der Waals surface area contributed by atoms with Crippen LogP contribution in [0.4, 0.5) is 0 Å². The maximum Gasteiger partial charge on any atom is 0.354 e. The third-order valence-corrected chi connectivity index (χ3v) is 7.87. The zero-order valence-corrected chi connectivity index (χ0v) is 23.5. The molecular weight excluding hydrogens is 528 g/mol. The van der Waals surface area contributed by atoms with Crippen molar-refractivity contribution in [1.29, 1.82) is 0 Å². The Hall–Kier alpha value is -4.40. The Morgan fingerprint density at radius 1 is 0.571 bits per heavy atom. The standard InChI is InChI=1S/C34H36N4O4/c39-33(40)29-17-9-15-27(35-29)23-37(21-25-11-3-1-4-12-25)31-19-7-8-20-32(31)38(22-26-13-5-2-6-14-26)24-28-16-10-18-30(36-28)34(41)42/h1-6,9-18,31-32H,7-8,19-24H2,(H,39,40)(H,41,42)/t31-,32-/m1/s1. The van der Waals surface area contributed by atoms with E-state index in [-0.39, 0.29) is 23.5 Å². The van der Waals surface area contributed by atoms with Crippen LogP contribution in [0.2, 0.25) is 0 Å². The van der Waals surface area contributed by atoms with Gasteiger partial charge in [0, 0.05) is 38.3 Å². The summed E-state index contributed by atoms with van der Waals surface area (Å²) in [4.78, 5) is 37.1. The Labute approximate surface area is 246 Å². The average molecular weight is 565 g/mol. The Balaban J connectivity index is 1.50. The van der Waals surface area contributed by atoms with Crippen LogP contribution in [0.25, 0.3) is 0 Å². The predicted molar refractivity (Wildman–Crippen MR) is 160 cm³/mol. The molecule has 0 amide bonds. The number of hydrogen-bond acceptors (Lipinski definition) is 6. The van der Waals surface area contributed by atoms with Gasteiger partial charge in [-0.2, -0.15) is 0 Å². The van der Waals surface area contributed by atoms with Crippen molar-refractivity contribution in [3.05, 3.63) is 131 Å². The second-order valence-corrected chi connectivity index (χ2v) is 10.8. The van der Waals surface area contributed by atoms with E-state index in [1.807, 2.05) is 48.5 Å². The van der Waals surface area contributed by atoms with Crippen LogP contribution in [-0.2, 0) is 26.2 Å². The molecule has 42 heavy (non-hydrogen) atoms. The summed E-state index contributed by atoms with van der Waals surface area (Å²) >= 11 is 0. The molecule has 1 aliphatic carbocycles. The van der Waals surface area contributed by atoms with Crippen molar-refractivity contribution in [1.82, 2.24) is 19.8 Å². The third kappa shape index (κ3) is 7.66. The number of carbonyl (C=O) groups is 2. The molecule has 5 rings (SSSR count). The fourth-order valence-electron chi connectivity index (χ4n) is 5.95. The molecule has 2 N–H and O–H groups in total. The zero-order chi connectivity index (χ0) is 29.3. The van der Waals surface area contributed by atoms with Gasteiger partial charge in [0.25, 0.3) is 0 Å². The molecule has 0 unspecified atom stereocenters. The van der Waals surface area contributed by atoms with Crippen molar-refractivity contribution in [2.24, 2.45) is 0 Å². The van der Waals surface area contributed by atoms with Crippen molar-refractivity contribution in [3.8, 4) is 0 Å². The minimum atomic E-state index is -1.04. The Morgan fingerprint density at radius 2 is 0.976 bits per heavy atom. The van der Waals surface area contributed by atoms with Crippen LogP contribution in [0.5, 0.6) is 0 Å². The maximum atomic E-state index is 11.7. The first-order chi connectivity index (χ1) is 20.5. The molecule has 0 aliphatic heterocycles. The molecule has 2 atom stereocenters. The van der Waals surface area contributed by atoms with Crippen molar-refractivity contribution >= 4 is 11.9 Å². The highest BCUT2D eigenvalue weighted by molar-refractivity contribution is 5.85. The highest BCUT2D eigenvalue weighted by atomic mass is 16.4. The lowest BCUT2D eigenvalue weighted by Crippen LogP contribution is -2.52. The van der Waals surface area contributed by atoms with Gasteiger partial charge < -0.3 is 10.2 Å². The van der Waals surface area contributed by atoms with Gasteiger partial charge in [-0.15, -0.1) is 0 Å². The Kier molecular flexibility index (Phi) is 9.69. The molecule has 4 aromatic rings. The van der Waals surface area contributed by atoms with Crippen LogP contribution in [0.1, 0.15) is 69.2 Å². The molecule has 0 radical (unpaired) electrons. The monoisotopic (exact) mass is 564 g/mol. The SMILES string of the molecule is O=C(O)c1cccc(CN(Cc2ccccc2)[C@@H]2CCCC[C@H]2N(Cc2ccccc2)Cc2cccc(C(=O)O)n2)n1. The average Bonchev–Trinajstić information content (AvgIpc) is 3.02. The first kappa shape index (κ1) is 29.1. The normalized spacial score (nSPS) is 16.9. The number of hydrogen-bond donors (Lipinski definition) is 2. The number of aromatic nitrogens is 2. The van der Waals surface area contributed by atoms with Crippen molar-refractivity contribution in [2.75, 3.05) is 0 Å². The predicted octanol–water partition coefficient (Wildman–Crippen LogP) is 5.89. The molecule has 0 spiro atoms. The van der Waals surface area contributed by atoms with E-state index in [4.69, 9.17) is 0 Å². The molecule has 1 fully saturated rings. The van der Waals surface area contributed by atoms with E-state index >= 15 is 0 Å². The summed E-state index contributed by atoms with van der Waals surface area (Å²) in [5, 5.41) is 19.1. The Morgan fingerprint density at radius 3 is 1.36 bits per heavy atom. The van der Waals surface area contributed by atoms with Gasteiger partial charge in [0.2, 0.25) is 0 Å². The second-order valence-electron chi connectivity index (χ2n) is 10.8. The summed E-state index contributed by atoms with van der Waals surface area (Å²) in [7, 11) is 0. The number of rotatable bonds is 12. The number of nitrogens with zero attached hydrogens (tertiary/aromatic N) is 4. The minimum absolute atomic E-state index is 0.0439. The fourth-order valence-corrected chi connectivity index (χ4v) is 5.95. The molecule has 2 aromatic carbocycles. The summed E-state index contributed by atoms with van der Waals surface area (Å²) in [6, 6.07) is 31.3. The van der Waals surface area contributed by atoms with E-state index in [0.29, 0.717) is 26.2 Å². The zero-order valence-electron chi connectivity index (χ0n) is 23.5. The summed E-state index contributed by atoms with van der Waals surface area (Å²) < 4.78 is 0. The number of carboxylic acids is 2. The van der Waals surface area contributed by atoms with Gasteiger partial charge in [-0.05, 0) is 48.2 Å². The molecule has 0 bridgehead atoms. The van der Waals surface area contributed by atoms with Crippen LogP contribution in [0.15, 0.2) is 97.1 Å². The minimum Gasteiger partial charge on any atom is -0.477 e. The lowest BCUT2D eigenvalue weighted by atomic mass is 9.87. The number of aromatic carboxylic acids is 2. The van der Waals surface area contributed by atoms with E-state index < -0.39 is 11.9 Å². The first-order valence-corrected chi connectivity index (χ1v) is 14.4. The number of benzene rings is 2. The van der Waals surface area contributed by atoms with Crippen molar-refractivity contribution < 1.29 is 19.8 Å². The molecule has 2 heterocycles. The molecule has 0 saturated heterocycles. The number of carboxylic acid groups (broad SMARTS) is 2. The first-order valence-electron chi connectivity index (χ1n) is 14.4. The van der Waals surface area contributed by atoms with Crippen LogP contribution in [-0.4, -0.2) is 54.0 Å². The van der Waals surface area contributed by atoms with E-state index in [2.05, 4.69) is 44.0 Å². The van der Waals surface area contributed by atoms with Crippen LogP contribution < -0.4 is 0 Å². The lowest BCUT2D eigenvalue weighted by molar-refractivity contribution is 0.0283. The van der Waals surface area contributed by atoms with Gasteiger partial charge in [-0.1, -0.05) is 85.6 Å². The quantitative estimate of drug-likeness (QED) is 0.219. The topological polar surface area (TPSA) is 107 Å². The van der Waals surface area contributed by atoms with Gasteiger partial charge in [-0.3, -0.25) is 9.80 Å². The van der Waals surface area contributed by atoms with Crippen LogP contribution in [0.3, 0.4) is 0 Å². The van der Waals surface area contributed by atoms with E-state index in [0.717, 1.165) is 37.1 Å². The molecule has 1 saturated carbocycles. The smallest absolute Gasteiger partial charge is 0.354 e. The second kappa shape index (κ2) is 14.0. The molecule has 216 valence electrons. The number of pyridine rings is 2. The maximum absolute atomic E-state index is 11.7. The van der Waals surface area contributed by atoms with E-state index in [1.165, 1.54) is 23.3 Å². The molecule has 2 aromatic heterocycles. The van der Waals surface area contributed by atoms with Gasteiger partial charge in [0.1, 0.15) is 11.4 Å². The van der Waals surface area contributed by atoms with E-state index in [9.17, 15) is 19.8 Å². The summed E-state index contributed by atoms with van der Waals surface area (Å²) in [5.74, 6) is -2.07. The van der Waals surface area contributed by atoms with Crippen LogP contribution in [0, 0.1) is 0 Å². The van der Waals surface area contributed by atoms with E-state index in [1.54, 1.807) is 12.1 Å². The third-order valence-electron chi connectivity index (χ3n) is 7.87. The summed E-state index contributed by atoms with van der Waals surface area (Å²) in [6.45, 7) is 2.44. The molecule has 1 aliphatic rings. The molecule has 8 heteroatoms. The van der Waals surface area contributed by atoms with Crippen molar-refractivity contribution in [3.63, 3.8) is 0 Å². The highest BCUT2D eigenvalue weighted by Crippen LogP contribution is 2.31. The lowest BCUT2D eigenvalue weighted by Gasteiger charge is -2.45. The molecular formula is C34H36N4O4. The van der Waals surface area contributed by atoms with Gasteiger partial charge in [0.15, 0.2) is 0 Å². The van der Waals surface area contributed by atoms with Crippen molar-refractivity contribution in [2.45, 2.75) is 63.9 Å². The van der Waals surface area contributed by atoms with Gasteiger partial charge in [-0.25, -0.2) is 19.6 Å². The van der Waals surface area contributed by atoms with Gasteiger partial charge in [0.05, 0.1) is 11.4 Å². The molecule has 8 nitrogen and oxygen atoms in total. The summed E-state index contributed by atoms with van der Waals surface area (Å²) in [5.41, 5.74) is 3.90. The fraction of sp³-hybridized carbons (Fsp3) is 0.294. The summed E-state index contributed by atoms with van der Waals surface area (Å²) in [6.07, 6.45) is 4.18. The highest BCUT2D eigenvalue weighted by Gasteiger charge is 2.35. The largest absolute Gasteiger partial charge is 0.477 e. The van der Waals surface area contributed by atoms with Crippen LogP contribution >= 0.6 is 0 Å².